The van der Waals surface area contributed by atoms with E-state index in [1.54, 1.807) is 38.1 Å². The van der Waals surface area contributed by atoms with E-state index in [4.69, 9.17) is 4.74 Å². The first-order chi connectivity index (χ1) is 14.6. The fraction of sp³-hybridized carbons (Fsp3) is 0.286. The molecule has 0 saturated heterocycles. The molecule has 1 amide bonds. The van der Waals surface area contributed by atoms with Crippen LogP contribution < -0.4 is 15.6 Å². The van der Waals surface area contributed by atoms with E-state index in [2.05, 4.69) is 10.4 Å². The van der Waals surface area contributed by atoms with Gasteiger partial charge in [0.2, 0.25) is 15.9 Å². The van der Waals surface area contributed by atoms with E-state index in [-0.39, 0.29) is 35.0 Å². The van der Waals surface area contributed by atoms with E-state index in [9.17, 15) is 18.0 Å². The molecule has 0 aliphatic carbocycles. The molecular formula is C21H24N4O5S. The normalized spacial score (nSPS) is 11.6. The number of aryl methyl sites for hydroxylation is 1. The largest absolute Gasteiger partial charge is 0.492 e. The minimum absolute atomic E-state index is 0.0611. The third-order valence-corrected chi connectivity index (χ3v) is 6.47. The van der Waals surface area contributed by atoms with Crippen LogP contribution in [-0.4, -0.2) is 49.1 Å². The average Bonchev–Trinajstić information content (AvgIpc) is 2.73. The Bertz CT molecular complexity index is 1300. The summed E-state index contributed by atoms with van der Waals surface area (Å²) in [5, 5.41) is 8.06. The standard InChI is InChI=1S/C21H24N4O5S/c1-5-30-18-11-10-15(12-19(18)31(28,29)24(3)4)22-20(26)13-25-21(27)17-9-7-6-8-16(17)14(2)23-25/h6-12H,5,13H2,1-4H3,(H,22,26). The number of hydrogen-bond acceptors (Lipinski definition) is 6. The predicted molar refractivity (Wildman–Crippen MR) is 118 cm³/mol. The van der Waals surface area contributed by atoms with Crippen molar-refractivity contribution in [3.05, 3.63) is 58.5 Å². The summed E-state index contributed by atoms with van der Waals surface area (Å²) < 4.78 is 32.9. The number of hydrogen-bond donors (Lipinski definition) is 1. The maximum Gasteiger partial charge on any atom is 0.275 e. The van der Waals surface area contributed by atoms with Crippen molar-refractivity contribution in [3.63, 3.8) is 0 Å². The Morgan fingerprint density at radius 3 is 2.48 bits per heavy atom. The molecule has 1 aromatic heterocycles. The molecule has 0 spiro atoms. The first-order valence-corrected chi connectivity index (χ1v) is 11.0. The summed E-state index contributed by atoms with van der Waals surface area (Å²) in [6.45, 7) is 3.49. The summed E-state index contributed by atoms with van der Waals surface area (Å²) in [5.74, 6) is -0.320. The van der Waals surface area contributed by atoms with Crippen LogP contribution in [0.15, 0.2) is 52.2 Å². The lowest BCUT2D eigenvalue weighted by atomic mass is 10.1. The number of anilines is 1. The van der Waals surface area contributed by atoms with Crippen molar-refractivity contribution < 1.29 is 17.9 Å². The molecule has 1 heterocycles. The summed E-state index contributed by atoms with van der Waals surface area (Å²) in [7, 11) is -0.968. The van der Waals surface area contributed by atoms with Crippen LogP contribution in [0, 0.1) is 6.92 Å². The molecule has 9 nitrogen and oxygen atoms in total. The third kappa shape index (κ3) is 4.59. The molecule has 164 valence electrons. The third-order valence-electron chi connectivity index (χ3n) is 4.63. The Labute approximate surface area is 180 Å². The average molecular weight is 445 g/mol. The van der Waals surface area contributed by atoms with Crippen LogP contribution in [0.3, 0.4) is 0 Å². The quantitative estimate of drug-likeness (QED) is 0.597. The van der Waals surface area contributed by atoms with Crippen molar-refractivity contribution in [1.29, 1.82) is 0 Å². The van der Waals surface area contributed by atoms with Crippen LogP contribution in [0.1, 0.15) is 12.6 Å². The number of benzene rings is 2. The van der Waals surface area contributed by atoms with Gasteiger partial charge in [0, 0.05) is 25.2 Å². The summed E-state index contributed by atoms with van der Waals surface area (Å²) in [6.07, 6.45) is 0. The van der Waals surface area contributed by atoms with Gasteiger partial charge in [0.05, 0.1) is 17.7 Å². The highest BCUT2D eigenvalue weighted by atomic mass is 32.2. The Kier molecular flexibility index (Phi) is 6.42. The van der Waals surface area contributed by atoms with Gasteiger partial charge in [-0.25, -0.2) is 17.4 Å². The highest BCUT2D eigenvalue weighted by Gasteiger charge is 2.23. The van der Waals surface area contributed by atoms with Gasteiger partial charge in [-0.3, -0.25) is 9.59 Å². The molecule has 1 N–H and O–H groups in total. The molecule has 3 aromatic rings. The van der Waals surface area contributed by atoms with Gasteiger partial charge >= 0.3 is 0 Å². The van der Waals surface area contributed by atoms with Crippen LogP contribution in [-0.2, 0) is 21.4 Å². The van der Waals surface area contributed by atoms with Crippen molar-refractivity contribution in [1.82, 2.24) is 14.1 Å². The molecule has 0 atom stereocenters. The van der Waals surface area contributed by atoms with E-state index in [0.29, 0.717) is 11.1 Å². The van der Waals surface area contributed by atoms with Crippen molar-refractivity contribution in [2.45, 2.75) is 25.3 Å². The van der Waals surface area contributed by atoms with Gasteiger partial charge in [-0.05, 0) is 38.1 Å². The smallest absolute Gasteiger partial charge is 0.275 e. The van der Waals surface area contributed by atoms with E-state index in [0.717, 1.165) is 14.4 Å². The fourth-order valence-electron chi connectivity index (χ4n) is 3.11. The SMILES string of the molecule is CCOc1ccc(NC(=O)Cn2nc(C)c3ccccc3c2=O)cc1S(=O)(=O)N(C)C. The monoisotopic (exact) mass is 444 g/mol. The number of aromatic nitrogens is 2. The van der Waals surface area contributed by atoms with Gasteiger partial charge in [-0.1, -0.05) is 18.2 Å². The van der Waals surface area contributed by atoms with Crippen LogP contribution in [0.25, 0.3) is 10.8 Å². The Morgan fingerprint density at radius 1 is 1.16 bits per heavy atom. The number of sulfonamides is 1. The summed E-state index contributed by atoms with van der Waals surface area (Å²) in [5.41, 5.74) is 0.516. The Hall–Kier alpha value is -3.24. The second-order valence-corrected chi connectivity index (χ2v) is 9.14. The number of rotatable bonds is 7. The number of amides is 1. The number of carbonyl (C=O) groups is 1. The number of carbonyl (C=O) groups excluding carboxylic acids is 1. The molecule has 10 heteroatoms. The second kappa shape index (κ2) is 8.86. The van der Waals surface area contributed by atoms with Gasteiger partial charge in [0.15, 0.2) is 0 Å². The van der Waals surface area contributed by atoms with Crippen LogP contribution >= 0.6 is 0 Å². The topological polar surface area (TPSA) is 111 Å². The zero-order valence-corrected chi connectivity index (χ0v) is 18.6. The van der Waals surface area contributed by atoms with Gasteiger partial charge in [-0.2, -0.15) is 5.10 Å². The van der Waals surface area contributed by atoms with Gasteiger partial charge in [-0.15, -0.1) is 0 Å². The van der Waals surface area contributed by atoms with Crippen LogP contribution in [0.4, 0.5) is 5.69 Å². The zero-order chi connectivity index (χ0) is 22.8. The first-order valence-electron chi connectivity index (χ1n) is 9.60. The second-order valence-electron chi connectivity index (χ2n) is 7.02. The van der Waals surface area contributed by atoms with Gasteiger partial charge < -0.3 is 10.1 Å². The fourth-order valence-corrected chi connectivity index (χ4v) is 4.16. The number of nitrogens with one attached hydrogen (secondary N) is 1. The molecule has 0 aliphatic rings. The van der Waals surface area contributed by atoms with Crippen molar-refractivity contribution in [3.8, 4) is 5.75 Å². The minimum atomic E-state index is -3.79. The first kappa shape index (κ1) is 22.4. The van der Waals surface area contributed by atoms with E-state index in [1.807, 2.05) is 6.07 Å². The highest BCUT2D eigenvalue weighted by molar-refractivity contribution is 7.89. The van der Waals surface area contributed by atoms with Crippen molar-refractivity contribution in [2.24, 2.45) is 0 Å². The molecule has 0 radical (unpaired) electrons. The van der Waals surface area contributed by atoms with E-state index >= 15 is 0 Å². The van der Waals surface area contributed by atoms with Crippen molar-refractivity contribution in [2.75, 3.05) is 26.0 Å². The minimum Gasteiger partial charge on any atom is -0.492 e. The molecule has 2 aromatic carbocycles. The Morgan fingerprint density at radius 2 is 1.84 bits per heavy atom. The molecule has 0 saturated carbocycles. The zero-order valence-electron chi connectivity index (χ0n) is 17.7. The molecule has 0 aliphatic heterocycles. The van der Waals surface area contributed by atoms with Gasteiger partial charge in [0.25, 0.3) is 5.56 Å². The molecule has 0 bridgehead atoms. The number of ether oxygens (including phenoxy) is 1. The van der Waals surface area contributed by atoms with Crippen molar-refractivity contribution >= 4 is 32.4 Å². The molecule has 0 fully saturated rings. The highest BCUT2D eigenvalue weighted by Crippen LogP contribution is 2.29. The lowest BCUT2D eigenvalue weighted by molar-refractivity contribution is -0.117. The molecule has 31 heavy (non-hydrogen) atoms. The maximum atomic E-state index is 12.7. The summed E-state index contributed by atoms with van der Waals surface area (Å²) in [4.78, 5) is 25.2. The van der Waals surface area contributed by atoms with Crippen LogP contribution in [0.2, 0.25) is 0 Å². The molecule has 0 unspecified atom stereocenters. The lowest BCUT2D eigenvalue weighted by Crippen LogP contribution is -2.30. The van der Waals surface area contributed by atoms with Gasteiger partial charge in [0.1, 0.15) is 17.2 Å². The predicted octanol–water partition coefficient (Wildman–Crippen LogP) is 1.99. The maximum absolute atomic E-state index is 12.7. The summed E-state index contributed by atoms with van der Waals surface area (Å²) in [6, 6.07) is 11.4. The number of nitrogens with zero attached hydrogens (tertiary/aromatic N) is 3. The summed E-state index contributed by atoms with van der Waals surface area (Å²) >= 11 is 0. The Balaban J connectivity index is 1.90. The molecular weight excluding hydrogens is 420 g/mol. The number of fused-ring (bicyclic) bond motifs is 1. The lowest BCUT2D eigenvalue weighted by Gasteiger charge is -2.17. The van der Waals surface area contributed by atoms with E-state index < -0.39 is 15.9 Å². The van der Waals surface area contributed by atoms with Crippen LogP contribution in [0.5, 0.6) is 5.75 Å². The molecule has 3 rings (SSSR count). The van der Waals surface area contributed by atoms with E-state index in [1.165, 1.54) is 26.2 Å².